The molecule has 4 nitrogen and oxygen atoms in total. The molecule has 1 rings (SSSR count). The van der Waals surface area contributed by atoms with Crippen LogP contribution in [0.1, 0.15) is 13.8 Å². The molecule has 0 aliphatic heterocycles. The van der Waals surface area contributed by atoms with E-state index in [-0.39, 0.29) is 10.9 Å². The van der Waals surface area contributed by atoms with Gasteiger partial charge in [0.2, 0.25) is 5.91 Å². The van der Waals surface area contributed by atoms with Gasteiger partial charge in [0.15, 0.2) is 0 Å². The molecule has 1 aromatic rings. The Kier molecular flexibility index (Phi) is 4.07. The van der Waals surface area contributed by atoms with E-state index in [2.05, 4.69) is 5.32 Å². The summed E-state index contributed by atoms with van der Waals surface area (Å²) >= 11 is 4.87. The smallest absolute Gasteiger partial charge is 0.236 e. The molecular weight excluding hydrogens is 236 g/mol. The summed E-state index contributed by atoms with van der Waals surface area (Å²) in [4.78, 5) is 12.2. The molecule has 0 aliphatic carbocycles. The highest BCUT2D eigenvalue weighted by Gasteiger charge is 2.31. The Morgan fingerprint density at radius 1 is 1.41 bits per heavy atom. The summed E-state index contributed by atoms with van der Waals surface area (Å²) in [6.07, 6.45) is 0. The lowest BCUT2D eigenvalue weighted by Gasteiger charge is -2.22. The third-order valence-electron chi connectivity index (χ3n) is 2.54. The molecule has 0 spiro atoms. The fourth-order valence-electron chi connectivity index (χ4n) is 1.14. The number of thiocarbonyl (C=S) groups is 1. The van der Waals surface area contributed by atoms with Crippen LogP contribution in [-0.2, 0) is 4.79 Å². The lowest BCUT2D eigenvalue weighted by atomic mass is 9.92. The van der Waals surface area contributed by atoms with Crippen molar-refractivity contribution in [3.63, 3.8) is 0 Å². The standard InChI is InChI=1S/C12H16N2O2S/c1-12(2,10(13)17)11(15)14-8-6-4-5-7-9(8)16-3/h4-7H,1-3H3,(H2,13,17)(H,14,15). The first-order valence-corrected chi connectivity index (χ1v) is 5.54. The summed E-state index contributed by atoms with van der Waals surface area (Å²) in [7, 11) is 1.55. The maximum absolute atomic E-state index is 12.0. The first-order chi connectivity index (χ1) is 7.89. The van der Waals surface area contributed by atoms with Crippen molar-refractivity contribution in [1.82, 2.24) is 0 Å². The molecule has 5 heteroatoms. The van der Waals surface area contributed by atoms with Crippen LogP contribution < -0.4 is 15.8 Å². The summed E-state index contributed by atoms with van der Waals surface area (Å²) in [5.74, 6) is 0.342. The van der Waals surface area contributed by atoms with Gasteiger partial charge in [0.25, 0.3) is 0 Å². The minimum absolute atomic E-state index is 0.157. The number of methoxy groups -OCH3 is 1. The van der Waals surface area contributed by atoms with Crippen LogP contribution in [0.3, 0.4) is 0 Å². The van der Waals surface area contributed by atoms with E-state index in [1.54, 1.807) is 33.1 Å². The quantitative estimate of drug-likeness (QED) is 0.804. The van der Waals surface area contributed by atoms with Gasteiger partial charge >= 0.3 is 0 Å². The van der Waals surface area contributed by atoms with E-state index < -0.39 is 5.41 Å². The molecular formula is C12H16N2O2S. The van der Waals surface area contributed by atoms with Crippen LogP contribution in [0.2, 0.25) is 0 Å². The van der Waals surface area contributed by atoms with Gasteiger partial charge in [-0.2, -0.15) is 0 Å². The lowest BCUT2D eigenvalue weighted by Crippen LogP contribution is -2.41. The Balaban J connectivity index is 2.92. The van der Waals surface area contributed by atoms with Gasteiger partial charge in [-0.05, 0) is 26.0 Å². The van der Waals surface area contributed by atoms with E-state index in [1.165, 1.54) is 0 Å². The number of anilines is 1. The van der Waals surface area contributed by atoms with E-state index in [4.69, 9.17) is 22.7 Å². The van der Waals surface area contributed by atoms with Crippen LogP contribution in [0.15, 0.2) is 24.3 Å². The number of rotatable bonds is 4. The number of benzene rings is 1. The molecule has 0 atom stereocenters. The van der Waals surface area contributed by atoms with Crippen molar-refractivity contribution < 1.29 is 9.53 Å². The Labute approximate surface area is 106 Å². The van der Waals surface area contributed by atoms with Gasteiger partial charge < -0.3 is 15.8 Å². The average molecular weight is 252 g/mol. The predicted molar refractivity (Wildman–Crippen MR) is 72.2 cm³/mol. The van der Waals surface area contributed by atoms with Crippen molar-refractivity contribution in [3.8, 4) is 5.75 Å². The highest BCUT2D eigenvalue weighted by molar-refractivity contribution is 7.80. The number of ether oxygens (including phenoxy) is 1. The second-order valence-electron chi connectivity index (χ2n) is 4.14. The van der Waals surface area contributed by atoms with Crippen LogP contribution in [0.5, 0.6) is 5.75 Å². The average Bonchev–Trinajstić information content (AvgIpc) is 2.29. The lowest BCUT2D eigenvalue weighted by molar-refractivity contribution is -0.121. The zero-order valence-corrected chi connectivity index (χ0v) is 10.9. The number of nitrogens with one attached hydrogen (secondary N) is 1. The van der Waals surface area contributed by atoms with E-state index in [0.717, 1.165) is 0 Å². The van der Waals surface area contributed by atoms with Crippen molar-refractivity contribution in [2.45, 2.75) is 13.8 Å². The predicted octanol–water partition coefficient (Wildman–Crippen LogP) is 1.95. The molecule has 0 radical (unpaired) electrons. The Morgan fingerprint density at radius 2 is 2.00 bits per heavy atom. The number of carbonyl (C=O) groups excluding carboxylic acids is 1. The van der Waals surface area contributed by atoms with E-state index in [0.29, 0.717) is 11.4 Å². The Bertz CT molecular complexity index is 444. The van der Waals surface area contributed by atoms with Gasteiger partial charge in [0, 0.05) is 0 Å². The maximum Gasteiger partial charge on any atom is 0.236 e. The van der Waals surface area contributed by atoms with Crippen molar-refractivity contribution in [1.29, 1.82) is 0 Å². The molecule has 1 aromatic carbocycles. The van der Waals surface area contributed by atoms with Crippen LogP contribution >= 0.6 is 12.2 Å². The fourth-order valence-corrected chi connectivity index (χ4v) is 1.23. The van der Waals surface area contributed by atoms with E-state index in [9.17, 15) is 4.79 Å². The monoisotopic (exact) mass is 252 g/mol. The van der Waals surface area contributed by atoms with E-state index in [1.807, 2.05) is 12.1 Å². The zero-order valence-electron chi connectivity index (χ0n) is 10.1. The summed E-state index contributed by atoms with van der Waals surface area (Å²) in [6.45, 7) is 3.36. The van der Waals surface area contributed by atoms with Crippen molar-refractivity contribution in [3.05, 3.63) is 24.3 Å². The minimum atomic E-state index is -0.893. The Morgan fingerprint density at radius 3 is 2.53 bits per heavy atom. The molecule has 0 saturated heterocycles. The molecule has 0 bridgehead atoms. The van der Waals surface area contributed by atoms with Crippen molar-refractivity contribution in [2.24, 2.45) is 11.1 Å². The number of hydrogen-bond acceptors (Lipinski definition) is 3. The molecule has 0 aliphatic rings. The number of carbonyl (C=O) groups is 1. The fraction of sp³-hybridized carbons (Fsp3) is 0.333. The van der Waals surface area contributed by atoms with Gasteiger partial charge in [0.05, 0.1) is 23.2 Å². The molecule has 0 aromatic heterocycles. The molecule has 92 valence electrons. The second-order valence-corrected chi connectivity index (χ2v) is 4.58. The third-order valence-corrected chi connectivity index (χ3v) is 3.05. The van der Waals surface area contributed by atoms with Crippen molar-refractivity contribution in [2.75, 3.05) is 12.4 Å². The number of para-hydroxylation sites is 2. The highest BCUT2D eigenvalue weighted by atomic mass is 32.1. The van der Waals surface area contributed by atoms with Crippen LogP contribution in [0, 0.1) is 5.41 Å². The molecule has 0 fully saturated rings. The largest absolute Gasteiger partial charge is 0.495 e. The summed E-state index contributed by atoms with van der Waals surface area (Å²) in [5.41, 5.74) is 5.24. The summed E-state index contributed by atoms with van der Waals surface area (Å²) in [5, 5.41) is 2.75. The topological polar surface area (TPSA) is 64.3 Å². The zero-order chi connectivity index (χ0) is 13.1. The molecule has 0 heterocycles. The van der Waals surface area contributed by atoms with Crippen LogP contribution in [0.4, 0.5) is 5.69 Å². The first-order valence-electron chi connectivity index (χ1n) is 5.14. The van der Waals surface area contributed by atoms with Crippen LogP contribution in [-0.4, -0.2) is 18.0 Å². The van der Waals surface area contributed by atoms with Gasteiger partial charge in [-0.1, -0.05) is 24.4 Å². The van der Waals surface area contributed by atoms with Gasteiger partial charge in [0.1, 0.15) is 5.75 Å². The molecule has 3 N–H and O–H groups in total. The molecule has 0 unspecified atom stereocenters. The number of nitrogens with two attached hydrogens (primary N) is 1. The number of hydrogen-bond donors (Lipinski definition) is 2. The third kappa shape index (κ3) is 2.94. The van der Waals surface area contributed by atoms with Crippen LogP contribution in [0.25, 0.3) is 0 Å². The first kappa shape index (κ1) is 13.4. The number of amides is 1. The summed E-state index contributed by atoms with van der Waals surface area (Å²) in [6, 6.07) is 7.16. The minimum Gasteiger partial charge on any atom is -0.495 e. The van der Waals surface area contributed by atoms with Gasteiger partial charge in [-0.15, -0.1) is 0 Å². The highest BCUT2D eigenvalue weighted by Crippen LogP contribution is 2.26. The van der Waals surface area contributed by atoms with Gasteiger partial charge in [-0.3, -0.25) is 4.79 Å². The molecule has 17 heavy (non-hydrogen) atoms. The second kappa shape index (κ2) is 5.14. The maximum atomic E-state index is 12.0. The van der Waals surface area contributed by atoms with E-state index >= 15 is 0 Å². The summed E-state index contributed by atoms with van der Waals surface area (Å²) < 4.78 is 5.14. The SMILES string of the molecule is COc1ccccc1NC(=O)C(C)(C)C(N)=S. The van der Waals surface area contributed by atoms with Crippen molar-refractivity contribution >= 4 is 28.8 Å². The van der Waals surface area contributed by atoms with Gasteiger partial charge in [-0.25, -0.2) is 0 Å². The Hall–Kier alpha value is -1.62. The normalized spacial score (nSPS) is 10.8. The molecule has 0 saturated carbocycles. The molecule has 1 amide bonds.